The molecule has 1 aromatic heterocycles. The van der Waals surface area contributed by atoms with E-state index in [0.717, 1.165) is 38.5 Å². The van der Waals surface area contributed by atoms with Gasteiger partial charge in [0.25, 0.3) is 0 Å². The Kier molecular flexibility index (Phi) is 5.32. The zero-order valence-corrected chi connectivity index (χ0v) is 16.8. The van der Waals surface area contributed by atoms with E-state index in [9.17, 15) is 0 Å². The van der Waals surface area contributed by atoms with Crippen molar-refractivity contribution in [3.05, 3.63) is 41.5 Å². The van der Waals surface area contributed by atoms with Gasteiger partial charge in [-0.25, -0.2) is 0 Å². The summed E-state index contributed by atoms with van der Waals surface area (Å²) in [4.78, 5) is 5.24. The van der Waals surface area contributed by atoms with Crippen LogP contribution in [-0.4, -0.2) is 52.4 Å². The molecular formula is C22H32N6. The Hall–Kier alpha value is -1.92. The molecule has 1 N–H and O–H groups in total. The predicted molar refractivity (Wildman–Crippen MR) is 111 cm³/mol. The zero-order valence-electron chi connectivity index (χ0n) is 16.8. The molecular weight excluding hydrogens is 348 g/mol. The van der Waals surface area contributed by atoms with Gasteiger partial charge in [0.05, 0.1) is 6.54 Å². The number of fused-ring (bicyclic) bond motifs is 1. The summed E-state index contributed by atoms with van der Waals surface area (Å²) in [6.45, 7) is 8.63. The minimum Gasteiger partial charge on any atom is -0.371 e. The van der Waals surface area contributed by atoms with Crippen LogP contribution >= 0.6 is 0 Å². The highest BCUT2D eigenvalue weighted by Crippen LogP contribution is 2.30. The Labute approximate surface area is 167 Å². The highest BCUT2D eigenvalue weighted by Gasteiger charge is 2.28. The van der Waals surface area contributed by atoms with Crippen LogP contribution in [0.25, 0.3) is 0 Å². The molecule has 0 saturated carbocycles. The molecule has 150 valence electrons. The normalized spacial score (nSPS) is 23.6. The molecule has 0 bridgehead atoms. The van der Waals surface area contributed by atoms with Crippen molar-refractivity contribution < 1.29 is 0 Å². The molecule has 4 heterocycles. The third kappa shape index (κ3) is 3.67. The lowest BCUT2D eigenvalue weighted by molar-refractivity contribution is 0.194. The number of aromatic nitrogens is 3. The Morgan fingerprint density at radius 1 is 0.964 bits per heavy atom. The van der Waals surface area contributed by atoms with E-state index < -0.39 is 0 Å². The average molecular weight is 381 g/mol. The molecule has 2 saturated heterocycles. The second-order valence-electron chi connectivity index (χ2n) is 8.55. The van der Waals surface area contributed by atoms with Gasteiger partial charge < -0.3 is 14.8 Å². The number of nitrogens with zero attached hydrogens (tertiary/aromatic N) is 5. The lowest BCUT2D eigenvalue weighted by Crippen LogP contribution is -2.37. The number of piperidine rings is 2. The monoisotopic (exact) mass is 380 g/mol. The number of rotatable bonds is 4. The molecule has 2 fully saturated rings. The molecule has 3 aliphatic heterocycles. The first-order valence-electron chi connectivity index (χ1n) is 11.1. The largest absolute Gasteiger partial charge is 0.371 e. The highest BCUT2D eigenvalue weighted by molar-refractivity contribution is 5.53. The zero-order chi connectivity index (χ0) is 18.8. The quantitative estimate of drug-likeness (QED) is 0.884. The van der Waals surface area contributed by atoms with Crippen molar-refractivity contribution in [3.63, 3.8) is 0 Å². The Morgan fingerprint density at radius 3 is 2.79 bits per heavy atom. The first-order valence-corrected chi connectivity index (χ1v) is 11.1. The summed E-state index contributed by atoms with van der Waals surface area (Å²) in [6, 6.07) is 9.05. The number of para-hydroxylation sites is 1. The molecule has 1 atom stereocenters. The summed E-state index contributed by atoms with van der Waals surface area (Å²) in [5, 5.41) is 12.4. The van der Waals surface area contributed by atoms with Gasteiger partial charge in [0, 0.05) is 50.9 Å². The third-order valence-electron chi connectivity index (χ3n) is 6.60. The van der Waals surface area contributed by atoms with Gasteiger partial charge >= 0.3 is 0 Å². The molecule has 1 unspecified atom stereocenters. The second-order valence-corrected chi connectivity index (χ2v) is 8.55. The molecule has 0 aliphatic carbocycles. The van der Waals surface area contributed by atoms with Crippen LogP contribution in [0.2, 0.25) is 0 Å². The van der Waals surface area contributed by atoms with Crippen LogP contribution in [-0.2, 0) is 19.6 Å². The number of nitrogens with one attached hydrogen (secondary N) is 1. The summed E-state index contributed by atoms with van der Waals surface area (Å²) >= 11 is 0. The maximum absolute atomic E-state index is 4.59. The van der Waals surface area contributed by atoms with E-state index in [2.05, 4.69) is 54.1 Å². The summed E-state index contributed by atoms with van der Waals surface area (Å²) in [6.07, 6.45) is 6.51. The SMILES string of the molecule is c1ccc(N2CCCCC2)c(CN2CCCC(c3nnc4n3CCNC4)C2)c1. The van der Waals surface area contributed by atoms with Crippen molar-refractivity contribution >= 4 is 5.69 Å². The second kappa shape index (κ2) is 8.21. The lowest BCUT2D eigenvalue weighted by atomic mass is 9.96. The molecule has 6 heteroatoms. The molecule has 0 radical (unpaired) electrons. The molecule has 0 amide bonds. The average Bonchev–Trinajstić information content (AvgIpc) is 3.19. The molecule has 5 rings (SSSR count). The molecule has 28 heavy (non-hydrogen) atoms. The van der Waals surface area contributed by atoms with Gasteiger partial charge in [-0.1, -0.05) is 18.2 Å². The lowest BCUT2D eigenvalue weighted by Gasteiger charge is -2.35. The maximum atomic E-state index is 4.59. The van der Waals surface area contributed by atoms with E-state index in [1.807, 2.05) is 0 Å². The molecule has 0 spiro atoms. The van der Waals surface area contributed by atoms with Gasteiger partial charge in [0.2, 0.25) is 0 Å². The number of anilines is 1. The fourth-order valence-corrected chi connectivity index (χ4v) is 5.16. The van der Waals surface area contributed by atoms with E-state index in [0.29, 0.717) is 5.92 Å². The number of likely N-dealkylation sites (tertiary alicyclic amines) is 1. The molecule has 1 aromatic carbocycles. The van der Waals surface area contributed by atoms with E-state index >= 15 is 0 Å². The third-order valence-corrected chi connectivity index (χ3v) is 6.60. The van der Waals surface area contributed by atoms with Gasteiger partial charge in [-0.05, 0) is 50.3 Å². The standard InChI is InChI=1S/C22H32N6/c1-4-12-27(13-5-1)20-9-3-2-7-18(20)16-26-11-6-8-19(17-26)22-25-24-21-15-23-10-14-28(21)22/h2-3,7,9,19,23H,1,4-6,8,10-17H2. The summed E-state index contributed by atoms with van der Waals surface area (Å²) in [7, 11) is 0. The van der Waals surface area contributed by atoms with Gasteiger partial charge in [-0.2, -0.15) is 0 Å². The van der Waals surface area contributed by atoms with Crippen LogP contribution in [0, 0.1) is 0 Å². The van der Waals surface area contributed by atoms with Crippen LogP contribution in [0.5, 0.6) is 0 Å². The van der Waals surface area contributed by atoms with Crippen LogP contribution in [0.3, 0.4) is 0 Å². The minimum absolute atomic E-state index is 0.509. The number of benzene rings is 1. The fraction of sp³-hybridized carbons (Fsp3) is 0.636. The number of hydrogen-bond acceptors (Lipinski definition) is 5. The fourth-order valence-electron chi connectivity index (χ4n) is 5.16. The molecule has 6 nitrogen and oxygen atoms in total. The summed E-state index contributed by atoms with van der Waals surface area (Å²) in [5.41, 5.74) is 2.94. The smallest absolute Gasteiger partial charge is 0.147 e. The predicted octanol–water partition coefficient (Wildman–Crippen LogP) is 2.75. The Balaban J connectivity index is 1.31. The topological polar surface area (TPSA) is 49.2 Å². The minimum atomic E-state index is 0.509. The van der Waals surface area contributed by atoms with Crippen LogP contribution in [0.4, 0.5) is 5.69 Å². The van der Waals surface area contributed by atoms with Gasteiger partial charge in [0.1, 0.15) is 11.6 Å². The maximum Gasteiger partial charge on any atom is 0.147 e. The summed E-state index contributed by atoms with van der Waals surface area (Å²) in [5.74, 6) is 2.83. The van der Waals surface area contributed by atoms with Gasteiger partial charge in [-0.15, -0.1) is 10.2 Å². The van der Waals surface area contributed by atoms with Crippen LogP contribution in [0.1, 0.15) is 55.2 Å². The van der Waals surface area contributed by atoms with Crippen molar-refractivity contribution in [1.82, 2.24) is 25.0 Å². The van der Waals surface area contributed by atoms with Crippen LogP contribution in [0.15, 0.2) is 24.3 Å². The Morgan fingerprint density at radius 2 is 1.86 bits per heavy atom. The van der Waals surface area contributed by atoms with Gasteiger partial charge in [0.15, 0.2) is 0 Å². The van der Waals surface area contributed by atoms with E-state index in [-0.39, 0.29) is 0 Å². The van der Waals surface area contributed by atoms with Crippen molar-refractivity contribution in [1.29, 1.82) is 0 Å². The first kappa shape index (κ1) is 18.1. The van der Waals surface area contributed by atoms with E-state index in [4.69, 9.17) is 0 Å². The Bertz CT molecular complexity index is 794. The van der Waals surface area contributed by atoms with Gasteiger partial charge in [-0.3, -0.25) is 4.90 Å². The van der Waals surface area contributed by atoms with Crippen molar-refractivity contribution in [2.24, 2.45) is 0 Å². The van der Waals surface area contributed by atoms with E-state index in [1.165, 1.54) is 68.8 Å². The first-order chi connectivity index (χ1) is 13.9. The van der Waals surface area contributed by atoms with Crippen molar-refractivity contribution in [2.75, 3.05) is 37.6 Å². The molecule has 3 aliphatic rings. The van der Waals surface area contributed by atoms with E-state index in [1.54, 1.807) is 0 Å². The summed E-state index contributed by atoms with van der Waals surface area (Å²) < 4.78 is 2.37. The number of hydrogen-bond donors (Lipinski definition) is 1. The highest BCUT2D eigenvalue weighted by atomic mass is 15.3. The van der Waals surface area contributed by atoms with Crippen LogP contribution < -0.4 is 10.2 Å². The van der Waals surface area contributed by atoms with Crippen molar-refractivity contribution in [2.45, 2.75) is 57.7 Å². The van der Waals surface area contributed by atoms with Crippen molar-refractivity contribution in [3.8, 4) is 0 Å². The molecule has 2 aromatic rings.